The molecule has 0 fully saturated rings. The lowest BCUT2D eigenvalue weighted by Gasteiger charge is -2.21. The highest BCUT2D eigenvalue weighted by Crippen LogP contribution is 2.31. The fourth-order valence-corrected chi connectivity index (χ4v) is 2.55. The molecule has 0 spiro atoms. The number of carbonyl (C=O) groups is 2. The number of thiazole rings is 1. The molecule has 0 saturated carbocycles. The third-order valence-electron chi connectivity index (χ3n) is 2.51. The van der Waals surface area contributed by atoms with Crippen LogP contribution in [0.15, 0.2) is 4.34 Å². The molecule has 0 radical (unpaired) electrons. The fraction of sp³-hybridized carbons (Fsp3) is 0.545. The van der Waals surface area contributed by atoms with Crippen LogP contribution in [0, 0.1) is 0 Å². The Labute approximate surface area is 120 Å². The summed E-state index contributed by atoms with van der Waals surface area (Å²) in [5, 5.41) is 5.62. The third kappa shape index (κ3) is 3.68. The quantitative estimate of drug-likeness (QED) is 0.807. The smallest absolute Gasteiger partial charge is 0.272 e. The molecule has 1 aromatic heterocycles. The highest BCUT2D eigenvalue weighted by molar-refractivity contribution is 8.00. The second-order valence-corrected chi connectivity index (χ2v) is 6.16. The molecule has 0 unspecified atom stereocenters. The number of nitrogens with zero attached hydrogens (tertiary/aromatic N) is 1. The normalized spacial score (nSPS) is 11.2. The van der Waals surface area contributed by atoms with Crippen LogP contribution < -0.4 is 10.6 Å². The minimum Gasteiger partial charge on any atom is -0.369 e. The zero-order valence-corrected chi connectivity index (χ0v) is 13.1. The Morgan fingerprint density at radius 2 is 2.05 bits per heavy atom. The lowest BCUT2D eigenvalue weighted by Crippen LogP contribution is -2.39. The van der Waals surface area contributed by atoms with Crippen LogP contribution in [0.3, 0.4) is 0 Å². The standard InChI is InChI=1S/C11H17N3O3S2/c1-11(2,17-4)9(16)14-8-6(7(15)12-3)13-10(18-5)19-8/h1-5H3,(H,12,15)(H,14,16). The van der Waals surface area contributed by atoms with E-state index in [1.807, 2.05) is 6.26 Å². The van der Waals surface area contributed by atoms with E-state index >= 15 is 0 Å². The van der Waals surface area contributed by atoms with Crippen LogP contribution in [-0.4, -0.2) is 42.8 Å². The molecule has 2 amide bonds. The van der Waals surface area contributed by atoms with Gasteiger partial charge in [-0.05, 0) is 20.1 Å². The van der Waals surface area contributed by atoms with Gasteiger partial charge in [0.15, 0.2) is 10.0 Å². The molecule has 0 saturated heterocycles. The molecule has 0 aliphatic rings. The highest BCUT2D eigenvalue weighted by atomic mass is 32.2. The molecule has 8 heteroatoms. The molecule has 0 aliphatic heterocycles. The molecule has 0 atom stereocenters. The summed E-state index contributed by atoms with van der Waals surface area (Å²) < 4.78 is 5.81. The minimum atomic E-state index is -0.969. The zero-order valence-electron chi connectivity index (χ0n) is 11.5. The van der Waals surface area contributed by atoms with Gasteiger partial charge in [0.2, 0.25) is 0 Å². The van der Waals surface area contributed by atoms with Crippen molar-refractivity contribution in [1.82, 2.24) is 10.3 Å². The van der Waals surface area contributed by atoms with Gasteiger partial charge in [0.1, 0.15) is 10.6 Å². The highest BCUT2D eigenvalue weighted by Gasteiger charge is 2.29. The molecule has 1 rings (SSSR count). The molecular formula is C11H17N3O3S2. The second kappa shape index (κ2) is 6.36. The number of thioether (sulfide) groups is 1. The van der Waals surface area contributed by atoms with Gasteiger partial charge in [-0.15, -0.1) is 0 Å². The van der Waals surface area contributed by atoms with Crippen molar-refractivity contribution in [3.05, 3.63) is 5.69 Å². The summed E-state index contributed by atoms with van der Waals surface area (Å²) in [6, 6.07) is 0. The van der Waals surface area contributed by atoms with Crippen molar-refractivity contribution < 1.29 is 14.3 Å². The van der Waals surface area contributed by atoms with E-state index in [1.54, 1.807) is 13.8 Å². The van der Waals surface area contributed by atoms with Crippen LogP contribution in [0.25, 0.3) is 0 Å². The van der Waals surface area contributed by atoms with Crippen LogP contribution in [-0.2, 0) is 9.53 Å². The van der Waals surface area contributed by atoms with Gasteiger partial charge in [-0.1, -0.05) is 23.1 Å². The number of carbonyl (C=O) groups excluding carboxylic acids is 2. The number of aromatic nitrogens is 1. The van der Waals surface area contributed by atoms with Crippen LogP contribution in [0.4, 0.5) is 5.00 Å². The molecular weight excluding hydrogens is 286 g/mol. The maximum Gasteiger partial charge on any atom is 0.272 e. The average Bonchev–Trinajstić information content (AvgIpc) is 2.80. The summed E-state index contributed by atoms with van der Waals surface area (Å²) in [5.41, 5.74) is -0.749. The summed E-state index contributed by atoms with van der Waals surface area (Å²) in [5.74, 6) is -0.654. The lowest BCUT2D eigenvalue weighted by molar-refractivity contribution is -0.133. The second-order valence-electron chi connectivity index (χ2n) is 4.11. The Bertz CT molecular complexity index is 486. The first kappa shape index (κ1) is 15.9. The number of hydrogen-bond donors (Lipinski definition) is 2. The molecule has 1 heterocycles. The van der Waals surface area contributed by atoms with E-state index < -0.39 is 5.60 Å². The Kier molecular flexibility index (Phi) is 5.33. The summed E-state index contributed by atoms with van der Waals surface area (Å²) in [6.45, 7) is 3.30. The van der Waals surface area contributed by atoms with Gasteiger partial charge in [-0.25, -0.2) is 4.98 Å². The van der Waals surface area contributed by atoms with Crippen molar-refractivity contribution >= 4 is 39.9 Å². The van der Waals surface area contributed by atoms with Gasteiger partial charge in [-0.3, -0.25) is 9.59 Å². The monoisotopic (exact) mass is 303 g/mol. The lowest BCUT2D eigenvalue weighted by atomic mass is 10.1. The number of amides is 2. The van der Waals surface area contributed by atoms with Gasteiger partial charge in [0.05, 0.1) is 0 Å². The van der Waals surface area contributed by atoms with Gasteiger partial charge in [0, 0.05) is 14.2 Å². The molecule has 106 valence electrons. The Morgan fingerprint density at radius 3 is 2.53 bits per heavy atom. The summed E-state index contributed by atoms with van der Waals surface area (Å²) in [6.07, 6.45) is 1.86. The summed E-state index contributed by atoms with van der Waals surface area (Å²) >= 11 is 2.68. The molecule has 6 nitrogen and oxygen atoms in total. The van der Waals surface area contributed by atoms with Crippen molar-refractivity contribution in [3.8, 4) is 0 Å². The Balaban J connectivity index is 3.03. The number of hydrogen-bond acceptors (Lipinski definition) is 6. The third-order valence-corrected chi connectivity index (χ3v) is 4.46. The van der Waals surface area contributed by atoms with Gasteiger partial charge in [0.25, 0.3) is 11.8 Å². The molecule has 0 aliphatic carbocycles. The number of ether oxygens (including phenoxy) is 1. The van der Waals surface area contributed by atoms with E-state index in [9.17, 15) is 9.59 Å². The maximum atomic E-state index is 12.0. The van der Waals surface area contributed by atoms with Crippen LogP contribution in [0.1, 0.15) is 24.3 Å². The van der Waals surface area contributed by atoms with Crippen LogP contribution in [0.5, 0.6) is 0 Å². The largest absolute Gasteiger partial charge is 0.369 e. The minimum absolute atomic E-state index is 0.220. The molecule has 2 N–H and O–H groups in total. The van der Waals surface area contributed by atoms with Crippen molar-refractivity contribution in [2.24, 2.45) is 0 Å². The molecule has 19 heavy (non-hydrogen) atoms. The number of nitrogens with one attached hydrogen (secondary N) is 2. The van der Waals surface area contributed by atoms with E-state index in [-0.39, 0.29) is 17.5 Å². The van der Waals surface area contributed by atoms with Gasteiger partial charge in [-0.2, -0.15) is 0 Å². The van der Waals surface area contributed by atoms with Crippen molar-refractivity contribution in [1.29, 1.82) is 0 Å². The van der Waals surface area contributed by atoms with E-state index in [0.29, 0.717) is 9.34 Å². The molecule has 0 bridgehead atoms. The Morgan fingerprint density at radius 1 is 1.42 bits per heavy atom. The Hall–Kier alpha value is -1.12. The van der Waals surface area contributed by atoms with Crippen LogP contribution in [0.2, 0.25) is 0 Å². The summed E-state index contributed by atoms with van der Waals surface area (Å²) in [4.78, 5) is 27.9. The zero-order chi connectivity index (χ0) is 14.6. The van der Waals surface area contributed by atoms with E-state index in [2.05, 4.69) is 15.6 Å². The number of anilines is 1. The average molecular weight is 303 g/mol. The predicted octanol–water partition coefficient (Wildman–Crippen LogP) is 1.59. The van der Waals surface area contributed by atoms with Gasteiger partial charge >= 0.3 is 0 Å². The SMILES string of the molecule is CNC(=O)c1nc(SC)sc1NC(=O)C(C)(C)OC. The van der Waals surface area contributed by atoms with Crippen molar-refractivity contribution in [2.75, 3.05) is 25.7 Å². The van der Waals surface area contributed by atoms with Crippen molar-refractivity contribution in [2.45, 2.75) is 23.8 Å². The van der Waals surface area contributed by atoms with Crippen molar-refractivity contribution in [3.63, 3.8) is 0 Å². The first-order valence-corrected chi connectivity index (χ1v) is 7.53. The number of rotatable bonds is 5. The van der Waals surface area contributed by atoms with Crippen LogP contribution >= 0.6 is 23.1 Å². The van der Waals surface area contributed by atoms with E-state index in [4.69, 9.17) is 4.74 Å². The number of methoxy groups -OCH3 is 1. The molecule has 1 aromatic rings. The summed E-state index contributed by atoms with van der Waals surface area (Å²) in [7, 11) is 2.98. The first-order valence-electron chi connectivity index (χ1n) is 5.49. The van der Waals surface area contributed by atoms with Gasteiger partial charge < -0.3 is 15.4 Å². The molecule has 0 aromatic carbocycles. The fourth-order valence-electron chi connectivity index (χ4n) is 1.09. The van der Waals surface area contributed by atoms with E-state index in [1.165, 1.54) is 37.3 Å². The predicted molar refractivity (Wildman–Crippen MR) is 77.0 cm³/mol. The topological polar surface area (TPSA) is 80.3 Å². The maximum absolute atomic E-state index is 12.0. The van der Waals surface area contributed by atoms with E-state index in [0.717, 1.165) is 0 Å². The first-order chi connectivity index (χ1) is 8.85.